The van der Waals surface area contributed by atoms with Crippen LogP contribution in [-0.4, -0.2) is 18.2 Å². The van der Waals surface area contributed by atoms with E-state index in [0.717, 1.165) is 23.3 Å². The van der Waals surface area contributed by atoms with Crippen molar-refractivity contribution in [2.75, 3.05) is 6.61 Å². The molecule has 0 radical (unpaired) electrons. The molecule has 1 N–H and O–H groups in total. The number of nitrogens with zero attached hydrogens (tertiary/aromatic N) is 1. The van der Waals surface area contributed by atoms with Gasteiger partial charge in [0.2, 0.25) is 0 Å². The summed E-state index contributed by atoms with van der Waals surface area (Å²) >= 11 is 0. The first-order valence-corrected chi connectivity index (χ1v) is 8.76. The van der Waals surface area contributed by atoms with Crippen molar-refractivity contribution >= 4 is 11.6 Å². The molecule has 0 bridgehead atoms. The van der Waals surface area contributed by atoms with Gasteiger partial charge in [-0.15, -0.1) is 0 Å². The van der Waals surface area contributed by atoms with Crippen molar-refractivity contribution in [3.63, 3.8) is 0 Å². The van der Waals surface area contributed by atoms with Gasteiger partial charge in [0.1, 0.15) is 5.75 Å². The number of amides is 1. The maximum Gasteiger partial charge on any atom is 0.277 e. The second kappa shape index (κ2) is 7.97. The molecule has 1 aliphatic rings. The van der Waals surface area contributed by atoms with Crippen LogP contribution in [-0.2, 0) is 17.6 Å². The van der Waals surface area contributed by atoms with Crippen LogP contribution in [0.3, 0.4) is 0 Å². The Morgan fingerprint density at radius 2 is 1.92 bits per heavy atom. The summed E-state index contributed by atoms with van der Waals surface area (Å²) in [7, 11) is 0. The molecular weight excluding hydrogens is 312 g/mol. The van der Waals surface area contributed by atoms with Crippen molar-refractivity contribution < 1.29 is 9.53 Å². The number of hydrazone groups is 1. The van der Waals surface area contributed by atoms with Gasteiger partial charge < -0.3 is 4.74 Å². The van der Waals surface area contributed by atoms with Gasteiger partial charge in [-0.05, 0) is 80.0 Å². The maximum atomic E-state index is 11.9. The monoisotopic (exact) mass is 336 g/mol. The Morgan fingerprint density at radius 1 is 1.12 bits per heavy atom. The fourth-order valence-electron chi connectivity index (χ4n) is 3.06. The van der Waals surface area contributed by atoms with Crippen molar-refractivity contribution in [2.45, 2.75) is 39.5 Å². The van der Waals surface area contributed by atoms with Crippen LogP contribution in [0, 0.1) is 6.92 Å². The van der Waals surface area contributed by atoms with E-state index in [9.17, 15) is 4.79 Å². The van der Waals surface area contributed by atoms with Crippen LogP contribution in [0.1, 0.15) is 42.0 Å². The van der Waals surface area contributed by atoms with Gasteiger partial charge in [-0.2, -0.15) is 5.10 Å². The van der Waals surface area contributed by atoms with Crippen molar-refractivity contribution in [2.24, 2.45) is 5.10 Å². The highest BCUT2D eigenvalue weighted by Gasteiger charge is 2.10. The van der Waals surface area contributed by atoms with Gasteiger partial charge in [0.05, 0.1) is 5.71 Å². The van der Waals surface area contributed by atoms with Crippen LogP contribution >= 0.6 is 0 Å². The average Bonchev–Trinajstić information content (AvgIpc) is 2.64. The van der Waals surface area contributed by atoms with Crippen LogP contribution in [0.15, 0.2) is 47.6 Å². The number of fused-ring (bicyclic) bond motifs is 1. The van der Waals surface area contributed by atoms with Gasteiger partial charge in [-0.1, -0.05) is 24.3 Å². The highest BCUT2D eigenvalue weighted by atomic mass is 16.5. The standard InChI is InChI=1S/C21H24N2O2/c1-15-6-5-9-20(12-15)25-14-21(24)23-22-16(2)18-11-10-17-7-3-4-8-19(17)13-18/h5-6,9-13H,3-4,7-8,14H2,1-2H3,(H,23,24). The Morgan fingerprint density at radius 3 is 2.72 bits per heavy atom. The van der Waals surface area contributed by atoms with E-state index < -0.39 is 0 Å². The molecule has 0 aromatic heterocycles. The SMILES string of the molecule is CC(=NNC(=O)COc1cccc(C)c1)c1ccc2c(c1)CCCC2. The maximum absolute atomic E-state index is 11.9. The highest BCUT2D eigenvalue weighted by molar-refractivity contribution is 5.99. The molecule has 0 unspecified atom stereocenters. The zero-order valence-corrected chi connectivity index (χ0v) is 14.8. The summed E-state index contributed by atoms with van der Waals surface area (Å²) in [6.45, 7) is 3.84. The predicted molar refractivity (Wildman–Crippen MR) is 100 cm³/mol. The van der Waals surface area contributed by atoms with Gasteiger partial charge in [0.15, 0.2) is 6.61 Å². The number of carbonyl (C=O) groups excluding carboxylic acids is 1. The molecule has 0 spiro atoms. The third kappa shape index (κ3) is 4.69. The molecule has 25 heavy (non-hydrogen) atoms. The third-order valence-electron chi connectivity index (χ3n) is 4.47. The first kappa shape index (κ1) is 17.2. The minimum Gasteiger partial charge on any atom is -0.484 e. The zero-order chi connectivity index (χ0) is 17.6. The second-order valence-corrected chi connectivity index (χ2v) is 6.53. The first-order chi connectivity index (χ1) is 12.1. The van der Waals surface area contributed by atoms with E-state index in [0.29, 0.717) is 5.75 Å². The van der Waals surface area contributed by atoms with Crippen molar-refractivity contribution in [3.05, 3.63) is 64.7 Å². The minimum absolute atomic E-state index is 0.0512. The zero-order valence-electron chi connectivity index (χ0n) is 14.8. The number of nitrogens with one attached hydrogen (secondary N) is 1. The topological polar surface area (TPSA) is 50.7 Å². The minimum atomic E-state index is -0.265. The van der Waals surface area contributed by atoms with E-state index in [2.05, 4.69) is 28.7 Å². The lowest BCUT2D eigenvalue weighted by atomic mass is 9.90. The van der Waals surface area contributed by atoms with E-state index in [1.54, 1.807) is 0 Å². The van der Waals surface area contributed by atoms with Crippen LogP contribution in [0.25, 0.3) is 0 Å². The van der Waals surface area contributed by atoms with Crippen molar-refractivity contribution in [1.29, 1.82) is 0 Å². The van der Waals surface area contributed by atoms with E-state index in [1.807, 2.05) is 38.1 Å². The summed E-state index contributed by atoms with van der Waals surface area (Å²) in [5.74, 6) is 0.421. The molecule has 4 nitrogen and oxygen atoms in total. The van der Waals surface area contributed by atoms with E-state index in [-0.39, 0.29) is 12.5 Å². The Kier molecular flexibility index (Phi) is 5.49. The number of carbonyl (C=O) groups is 1. The Bertz CT molecular complexity index is 796. The number of aryl methyl sites for hydroxylation is 3. The Labute approximate surface area is 148 Å². The second-order valence-electron chi connectivity index (χ2n) is 6.53. The van der Waals surface area contributed by atoms with Crippen molar-refractivity contribution in [3.8, 4) is 5.75 Å². The van der Waals surface area contributed by atoms with E-state index >= 15 is 0 Å². The number of hydrogen-bond donors (Lipinski definition) is 1. The van der Waals surface area contributed by atoms with Gasteiger partial charge in [-0.25, -0.2) is 5.43 Å². The molecule has 4 heteroatoms. The van der Waals surface area contributed by atoms with Crippen LogP contribution in [0.2, 0.25) is 0 Å². The largest absolute Gasteiger partial charge is 0.484 e. The summed E-state index contributed by atoms with van der Waals surface area (Å²) in [5, 5.41) is 4.21. The summed E-state index contributed by atoms with van der Waals surface area (Å²) in [5.41, 5.74) is 8.38. The summed E-state index contributed by atoms with van der Waals surface area (Å²) in [6.07, 6.45) is 4.82. The fraction of sp³-hybridized carbons (Fsp3) is 0.333. The number of benzene rings is 2. The molecular formula is C21H24N2O2. The van der Waals surface area contributed by atoms with Crippen LogP contribution < -0.4 is 10.2 Å². The Hall–Kier alpha value is -2.62. The van der Waals surface area contributed by atoms with E-state index in [4.69, 9.17) is 4.74 Å². The predicted octanol–water partition coefficient (Wildman–Crippen LogP) is 3.79. The fourth-order valence-corrected chi connectivity index (χ4v) is 3.06. The molecule has 0 heterocycles. The molecule has 1 aliphatic carbocycles. The number of ether oxygens (including phenoxy) is 1. The molecule has 0 aliphatic heterocycles. The van der Waals surface area contributed by atoms with Crippen LogP contribution in [0.5, 0.6) is 5.75 Å². The normalized spacial score (nSPS) is 13.9. The lowest BCUT2D eigenvalue weighted by Gasteiger charge is -2.16. The third-order valence-corrected chi connectivity index (χ3v) is 4.47. The Balaban J connectivity index is 1.56. The smallest absolute Gasteiger partial charge is 0.277 e. The van der Waals surface area contributed by atoms with Gasteiger partial charge in [0, 0.05) is 0 Å². The first-order valence-electron chi connectivity index (χ1n) is 8.76. The lowest BCUT2D eigenvalue weighted by Crippen LogP contribution is -2.25. The molecule has 1 amide bonds. The van der Waals surface area contributed by atoms with Crippen LogP contribution in [0.4, 0.5) is 0 Å². The molecule has 3 rings (SSSR count). The van der Waals surface area contributed by atoms with Crippen molar-refractivity contribution in [1.82, 2.24) is 5.43 Å². The average molecular weight is 336 g/mol. The quantitative estimate of drug-likeness (QED) is 0.667. The summed E-state index contributed by atoms with van der Waals surface area (Å²) < 4.78 is 5.48. The molecule has 130 valence electrons. The molecule has 0 atom stereocenters. The molecule has 0 saturated carbocycles. The van der Waals surface area contributed by atoms with Gasteiger partial charge in [-0.3, -0.25) is 4.79 Å². The summed E-state index contributed by atoms with van der Waals surface area (Å²) in [6, 6.07) is 14.1. The molecule has 2 aromatic carbocycles. The molecule has 0 fully saturated rings. The summed E-state index contributed by atoms with van der Waals surface area (Å²) in [4.78, 5) is 11.9. The highest BCUT2D eigenvalue weighted by Crippen LogP contribution is 2.22. The van der Waals surface area contributed by atoms with Gasteiger partial charge >= 0.3 is 0 Å². The molecule has 0 saturated heterocycles. The number of hydrogen-bond acceptors (Lipinski definition) is 3. The van der Waals surface area contributed by atoms with E-state index in [1.165, 1.54) is 30.4 Å². The van der Waals surface area contributed by atoms with Gasteiger partial charge in [0.25, 0.3) is 5.91 Å². The number of rotatable bonds is 5. The molecule has 2 aromatic rings. The lowest BCUT2D eigenvalue weighted by molar-refractivity contribution is -0.123.